The number of aromatic nitrogens is 4. The number of aryl methyl sites for hydroxylation is 3. The van der Waals surface area contributed by atoms with E-state index in [4.69, 9.17) is 14.5 Å². The number of hydrogen-bond donors (Lipinski definition) is 0. The van der Waals surface area contributed by atoms with E-state index in [1.54, 1.807) is 12.4 Å². The lowest BCUT2D eigenvalue weighted by molar-refractivity contribution is -0.134. The van der Waals surface area contributed by atoms with Gasteiger partial charge in [0.2, 0.25) is 5.91 Å². The number of carbonyl (C=O) groups excluding carboxylic acids is 1. The van der Waals surface area contributed by atoms with Gasteiger partial charge < -0.3 is 9.42 Å². The van der Waals surface area contributed by atoms with Crippen LogP contribution in [0.25, 0.3) is 11.3 Å². The van der Waals surface area contributed by atoms with Crippen molar-refractivity contribution in [1.82, 2.24) is 25.0 Å². The molecule has 29 heavy (non-hydrogen) atoms. The van der Waals surface area contributed by atoms with E-state index in [1.807, 2.05) is 43.9 Å². The lowest BCUT2D eigenvalue weighted by Gasteiger charge is -2.35. The van der Waals surface area contributed by atoms with Crippen LogP contribution in [0.1, 0.15) is 53.8 Å². The third-order valence-corrected chi connectivity index (χ3v) is 5.36. The molecule has 1 aliphatic rings. The van der Waals surface area contributed by atoms with Crippen molar-refractivity contribution in [2.45, 2.75) is 52.5 Å². The molecular formula is C22H25N5O2. The Morgan fingerprint density at radius 2 is 2.10 bits per heavy atom. The number of nitrogens with zero attached hydrogens (tertiary/aromatic N) is 5. The molecular weight excluding hydrogens is 366 g/mol. The number of pyridine rings is 1. The van der Waals surface area contributed by atoms with Gasteiger partial charge in [0, 0.05) is 24.6 Å². The summed E-state index contributed by atoms with van der Waals surface area (Å²) in [5.41, 5.74) is 4.30. The fourth-order valence-electron chi connectivity index (χ4n) is 3.99. The average molecular weight is 391 g/mol. The first-order chi connectivity index (χ1) is 14.0. The van der Waals surface area contributed by atoms with E-state index in [2.05, 4.69) is 10.1 Å². The van der Waals surface area contributed by atoms with Crippen LogP contribution in [-0.4, -0.2) is 37.5 Å². The van der Waals surface area contributed by atoms with E-state index in [0.717, 1.165) is 59.8 Å². The van der Waals surface area contributed by atoms with Crippen LogP contribution in [0.3, 0.4) is 0 Å². The highest BCUT2D eigenvalue weighted by atomic mass is 16.5. The summed E-state index contributed by atoms with van der Waals surface area (Å²) in [5.74, 6) is 1.52. The second-order valence-corrected chi connectivity index (χ2v) is 7.59. The molecule has 0 aliphatic carbocycles. The summed E-state index contributed by atoms with van der Waals surface area (Å²) >= 11 is 0. The van der Waals surface area contributed by atoms with E-state index in [1.165, 1.54) is 0 Å². The summed E-state index contributed by atoms with van der Waals surface area (Å²) in [6, 6.07) is 5.62. The molecule has 7 nitrogen and oxygen atoms in total. The second kappa shape index (κ2) is 8.11. The van der Waals surface area contributed by atoms with Gasteiger partial charge in [-0.25, -0.2) is 9.97 Å². The fourth-order valence-corrected chi connectivity index (χ4v) is 3.99. The molecule has 1 saturated heterocycles. The Balaban J connectivity index is 1.66. The Morgan fingerprint density at radius 3 is 2.83 bits per heavy atom. The lowest BCUT2D eigenvalue weighted by Crippen LogP contribution is -2.40. The molecule has 0 N–H and O–H groups in total. The van der Waals surface area contributed by atoms with E-state index in [-0.39, 0.29) is 11.9 Å². The Bertz CT molecular complexity index is 996. The van der Waals surface area contributed by atoms with Crippen LogP contribution < -0.4 is 0 Å². The highest BCUT2D eigenvalue weighted by Gasteiger charge is 2.30. The normalized spacial score (nSPS) is 16.8. The van der Waals surface area contributed by atoms with Gasteiger partial charge in [-0.05, 0) is 57.7 Å². The van der Waals surface area contributed by atoms with Gasteiger partial charge in [0.25, 0.3) is 0 Å². The fraction of sp³-hybridized carbons (Fsp3) is 0.409. The Kier molecular flexibility index (Phi) is 5.38. The molecule has 0 saturated carbocycles. The predicted molar refractivity (Wildman–Crippen MR) is 108 cm³/mol. The quantitative estimate of drug-likeness (QED) is 0.673. The summed E-state index contributed by atoms with van der Waals surface area (Å²) in [7, 11) is 0. The lowest BCUT2D eigenvalue weighted by atomic mass is 9.99. The highest BCUT2D eigenvalue weighted by molar-refractivity contribution is 5.79. The van der Waals surface area contributed by atoms with Crippen LogP contribution in [0.2, 0.25) is 0 Å². The average Bonchev–Trinajstić information content (AvgIpc) is 3.06. The van der Waals surface area contributed by atoms with Crippen molar-refractivity contribution in [2.24, 2.45) is 0 Å². The zero-order valence-electron chi connectivity index (χ0n) is 17.1. The second-order valence-electron chi connectivity index (χ2n) is 7.59. The Hall–Kier alpha value is -3.09. The zero-order valence-corrected chi connectivity index (χ0v) is 17.1. The molecule has 3 aromatic rings. The van der Waals surface area contributed by atoms with Gasteiger partial charge in [-0.1, -0.05) is 11.2 Å². The predicted octanol–water partition coefficient (Wildman–Crippen LogP) is 3.75. The molecule has 1 atom stereocenters. The van der Waals surface area contributed by atoms with Crippen molar-refractivity contribution in [3.8, 4) is 11.3 Å². The number of hydrogen-bond acceptors (Lipinski definition) is 6. The van der Waals surface area contributed by atoms with Crippen molar-refractivity contribution in [1.29, 1.82) is 0 Å². The van der Waals surface area contributed by atoms with Gasteiger partial charge >= 0.3 is 0 Å². The molecule has 0 spiro atoms. The van der Waals surface area contributed by atoms with Crippen molar-refractivity contribution < 1.29 is 9.32 Å². The van der Waals surface area contributed by atoms with E-state index >= 15 is 0 Å². The van der Waals surface area contributed by atoms with Gasteiger partial charge in [-0.15, -0.1) is 0 Å². The van der Waals surface area contributed by atoms with Gasteiger partial charge in [0.1, 0.15) is 5.76 Å². The maximum Gasteiger partial charge on any atom is 0.227 e. The standard InChI is InChI=1S/C22H25N5O2/c1-14-11-18(21-15(2)26-29-16(21)3)25-22(24-14)19-8-4-5-10-27(19)20(28)12-17-7-6-9-23-13-17/h6-7,9,11,13,19H,4-5,8,10,12H2,1-3H3/t19-/m1/s1. The first-order valence-corrected chi connectivity index (χ1v) is 10.00. The van der Waals surface area contributed by atoms with Crippen LogP contribution in [0.15, 0.2) is 35.1 Å². The van der Waals surface area contributed by atoms with Crippen LogP contribution in [0, 0.1) is 20.8 Å². The smallest absolute Gasteiger partial charge is 0.227 e. The van der Waals surface area contributed by atoms with Crippen molar-refractivity contribution >= 4 is 5.91 Å². The van der Waals surface area contributed by atoms with Gasteiger partial charge in [0.15, 0.2) is 5.82 Å². The molecule has 150 valence electrons. The minimum absolute atomic E-state index is 0.0895. The van der Waals surface area contributed by atoms with Crippen LogP contribution >= 0.6 is 0 Å². The van der Waals surface area contributed by atoms with Crippen LogP contribution in [0.5, 0.6) is 0 Å². The maximum absolute atomic E-state index is 13.1. The monoisotopic (exact) mass is 391 g/mol. The number of amides is 1. The molecule has 1 amide bonds. The molecule has 3 aromatic heterocycles. The zero-order chi connectivity index (χ0) is 20.4. The third-order valence-electron chi connectivity index (χ3n) is 5.36. The third kappa shape index (κ3) is 4.04. The summed E-state index contributed by atoms with van der Waals surface area (Å²) in [5, 5.41) is 4.05. The largest absolute Gasteiger partial charge is 0.361 e. The molecule has 0 bridgehead atoms. The maximum atomic E-state index is 13.1. The Morgan fingerprint density at radius 1 is 1.24 bits per heavy atom. The molecule has 0 unspecified atom stereocenters. The molecule has 1 fully saturated rings. The Labute approximate surface area is 170 Å². The number of rotatable bonds is 4. The molecule has 4 heterocycles. The van der Waals surface area contributed by atoms with Crippen LogP contribution in [-0.2, 0) is 11.2 Å². The topological polar surface area (TPSA) is 85.0 Å². The van der Waals surface area contributed by atoms with E-state index in [9.17, 15) is 4.79 Å². The van der Waals surface area contributed by atoms with Crippen LogP contribution in [0.4, 0.5) is 0 Å². The van der Waals surface area contributed by atoms with Gasteiger partial charge in [0.05, 0.1) is 29.4 Å². The number of carbonyl (C=O) groups is 1. The van der Waals surface area contributed by atoms with Crippen molar-refractivity contribution in [3.05, 3.63) is 59.1 Å². The summed E-state index contributed by atoms with van der Waals surface area (Å²) in [6.07, 6.45) is 6.72. The van der Waals surface area contributed by atoms with E-state index in [0.29, 0.717) is 12.2 Å². The minimum atomic E-state index is -0.118. The first kappa shape index (κ1) is 19.2. The SMILES string of the molecule is Cc1cc(-c2c(C)noc2C)nc([C@H]2CCCCN2C(=O)Cc2cccnc2)n1. The first-order valence-electron chi connectivity index (χ1n) is 10.00. The van der Waals surface area contributed by atoms with Gasteiger partial charge in [-0.3, -0.25) is 9.78 Å². The van der Waals surface area contributed by atoms with Crippen molar-refractivity contribution in [2.75, 3.05) is 6.54 Å². The minimum Gasteiger partial charge on any atom is -0.361 e. The molecule has 0 aromatic carbocycles. The summed E-state index contributed by atoms with van der Waals surface area (Å²) in [4.78, 5) is 28.7. The molecule has 1 aliphatic heterocycles. The summed E-state index contributed by atoms with van der Waals surface area (Å²) < 4.78 is 5.32. The molecule has 7 heteroatoms. The van der Waals surface area contributed by atoms with Crippen molar-refractivity contribution in [3.63, 3.8) is 0 Å². The highest BCUT2D eigenvalue weighted by Crippen LogP contribution is 2.32. The number of piperidine rings is 1. The van der Waals surface area contributed by atoms with E-state index < -0.39 is 0 Å². The molecule has 0 radical (unpaired) electrons. The summed E-state index contributed by atoms with van der Waals surface area (Å²) in [6.45, 7) is 6.48. The van der Waals surface area contributed by atoms with Gasteiger partial charge in [-0.2, -0.15) is 0 Å². The molecule has 4 rings (SSSR count). The number of likely N-dealkylation sites (tertiary alicyclic amines) is 1.